The summed E-state index contributed by atoms with van der Waals surface area (Å²) >= 11 is 0. The van der Waals surface area contributed by atoms with Gasteiger partial charge in [-0.3, -0.25) is 0 Å². The number of fused-ring (bicyclic) bond motifs is 9. The number of hydrogen-bond donors (Lipinski definition) is 0. The van der Waals surface area contributed by atoms with Crippen LogP contribution in [-0.4, -0.2) is 0 Å². The maximum atomic E-state index is 6.92. The highest BCUT2D eigenvalue weighted by Crippen LogP contribution is 2.51. The van der Waals surface area contributed by atoms with Crippen LogP contribution in [0.4, 0.5) is 17.1 Å². The molecule has 0 aliphatic heterocycles. The molecule has 0 amide bonds. The first-order chi connectivity index (χ1) is 26.5. The molecule has 0 spiro atoms. The number of furan rings is 2. The summed E-state index contributed by atoms with van der Waals surface area (Å²) < 4.78 is 13.5. The van der Waals surface area contributed by atoms with Crippen LogP contribution in [0.3, 0.4) is 0 Å². The maximum absolute atomic E-state index is 6.92. The van der Waals surface area contributed by atoms with Gasteiger partial charge in [0.05, 0.1) is 5.69 Å². The quantitative estimate of drug-likeness (QED) is 0.180. The van der Waals surface area contributed by atoms with Gasteiger partial charge in [0.2, 0.25) is 0 Å². The van der Waals surface area contributed by atoms with E-state index in [0.29, 0.717) is 0 Å². The molecule has 1 aliphatic carbocycles. The second-order valence-electron chi connectivity index (χ2n) is 14.9. The molecule has 0 N–H and O–H groups in total. The van der Waals surface area contributed by atoms with Gasteiger partial charge in [-0.25, -0.2) is 0 Å². The topological polar surface area (TPSA) is 29.5 Å². The number of rotatable bonds is 5. The molecule has 1 aliphatic rings. The molecule has 11 rings (SSSR count). The highest BCUT2D eigenvalue weighted by Gasteiger charge is 2.36. The second-order valence-corrected chi connectivity index (χ2v) is 14.9. The van der Waals surface area contributed by atoms with E-state index >= 15 is 0 Å². The highest BCUT2D eigenvalue weighted by molar-refractivity contribution is 6.17. The minimum atomic E-state index is -0.130. The van der Waals surface area contributed by atoms with Crippen molar-refractivity contribution in [1.29, 1.82) is 0 Å². The van der Waals surface area contributed by atoms with Crippen LogP contribution < -0.4 is 4.90 Å². The van der Waals surface area contributed by atoms with Crippen LogP contribution in [0.1, 0.15) is 25.0 Å². The first-order valence-corrected chi connectivity index (χ1v) is 18.6. The normalized spacial score (nSPS) is 13.1. The van der Waals surface area contributed by atoms with Crippen molar-refractivity contribution in [3.8, 4) is 33.4 Å². The summed E-state index contributed by atoms with van der Waals surface area (Å²) in [5, 5.41) is 4.21. The second kappa shape index (κ2) is 11.6. The summed E-state index contributed by atoms with van der Waals surface area (Å²) in [5.74, 6) is 0. The fourth-order valence-corrected chi connectivity index (χ4v) is 8.73. The average molecular weight is 694 g/mol. The Morgan fingerprint density at radius 1 is 0.389 bits per heavy atom. The molecule has 3 nitrogen and oxygen atoms in total. The summed E-state index contributed by atoms with van der Waals surface area (Å²) in [6.07, 6.45) is 0. The average Bonchev–Trinajstić information content (AvgIpc) is 3.85. The Morgan fingerprint density at radius 3 is 1.76 bits per heavy atom. The molecule has 8 aromatic carbocycles. The van der Waals surface area contributed by atoms with Crippen molar-refractivity contribution in [2.45, 2.75) is 19.3 Å². The fraction of sp³-hybridized carbons (Fsp3) is 0.0588. The summed E-state index contributed by atoms with van der Waals surface area (Å²) in [6, 6.07) is 62.8. The van der Waals surface area contributed by atoms with Gasteiger partial charge >= 0.3 is 0 Å². The van der Waals surface area contributed by atoms with Gasteiger partial charge in [-0.2, -0.15) is 0 Å². The van der Waals surface area contributed by atoms with Crippen molar-refractivity contribution < 1.29 is 8.83 Å². The Morgan fingerprint density at radius 2 is 0.981 bits per heavy atom. The lowest BCUT2D eigenvalue weighted by Gasteiger charge is -2.28. The van der Waals surface area contributed by atoms with Crippen molar-refractivity contribution in [3.63, 3.8) is 0 Å². The Hall–Kier alpha value is -6.84. The molecule has 2 aromatic heterocycles. The minimum Gasteiger partial charge on any atom is -0.456 e. The molecule has 0 unspecified atom stereocenters. The first-order valence-electron chi connectivity index (χ1n) is 18.6. The molecule has 0 radical (unpaired) electrons. The van der Waals surface area contributed by atoms with Crippen LogP contribution in [0, 0.1) is 0 Å². The van der Waals surface area contributed by atoms with Crippen molar-refractivity contribution in [1.82, 2.24) is 0 Å². The number of nitrogens with zero attached hydrogens (tertiary/aromatic N) is 1. The van der Waals surface area contributed by atoms with Gasteiger partial charge in [-0.15, -0.1) is 0 Å². The molecular formula is C51H35NO2. The largest absolute Gasteiger partial charge is 0.456 e. The zero-order chi connectivity index (χ0) is 36.0. The van der Waals surface area contributed by atoms with Gasteiger partial charge in [-0.05, 0) is 99.1 Å². The molecule has 3 heteroatoms. The van der Waals surface area contributed by atoms with Crippen molar-refractivity contribution in [3.05, 3.63) is 187 Å². The van der Waals surface area contributed by atoms with E-state index in [-0.39, 0.29) is 5.41 Å². The standard InChI is InChI=1S/C51H35NO2/c1-51(2)44-18-10-9-16-38(44)39-27-25-37(29-45(39)51)52(36-23-20-34(21-24-36)32-12-5-3-6-13-32)46-19-11-17-41-43-31-48-42(30-49(43)54-50(41)46)40-26-22-35(28-47(40)53-48)33-14-7-4-8-15-33/h3-31H,1-2H3. The Bertz CT molecular complexity index is 3060. The highest BCUT2D eigenvalue weighted by atomic mass is 16.3. The number of benzene rings is 8. The molecule has 0 atom stereocenters. The first kappa shape index (κ1) is 30.8. The van der Waals surface area contributed by atoms with Gasteiger partial charge in [0, 0.05) is 38.3 Å². The van der Waals surface area contributed by atoms with Crippen molar-refractivity contribution >= 4 is 60.9 Å². The zero-order valence-electron chi connectivity index (χ0n) is 30.0. The molecule has 2 heterocycles. The summed E-state index contributed by atoms with van der Waals surface area (Å²) in [5.41, 5.74) is 16.4. The Balaban J connectivity index is 1.09. The Labute approximate surface area is 313 Å². The number of para-hydroxylation sites is 1. The van der Waals surface area contributed by atoms with E-state index in [9.17, 15) is 0 Å². The lowest BCUT2D eigenvalue weighted by Crippen LogP contribution is -2.16. The molecule has 10 aromatic rings. The predicted molar refractivity (Wildman–Crippen MR) is 224 cm³/mol. The molecule has 0 saturated carbocycles. The molecular weight excluding hydrogens is 659 g/mol. The monoisotopic (exact) mass is 693 g/mol. The van der Waals surface area contributed by atoms with Crippen LogP contribution in [0.15, 0.2) is 185 Å². The van der Waals surface area contributed by atoms with Crippen LogP contribution in [0.5, 0.6) is 0 Å². The van der Waals surface area contributed by atoms with Gasteiger partial charge in [0.25, 0.3) is 0 Å². The van der Waals surface area contributed by atoms with Crippen molar-refractivity contribution in [2.75, 3.05) is 4.90 Å². The van der Waals surface area contributed by atoms with E-state index in [1.807, 2.05) is 6.07 Å². The smallest absolute Gasteiger partial charge is 0.159 e. The minimum absolute atomic E-state index is 0.130. The Kier molecular flexibility index (Phi) is 6.60. The number of hydrogen-bond acceptors (Lipinski definition) is 3. The number of anilines is 3. The predicted octanol–water partition coefficient (Wildman–Crippen LogP) is 14.6. The zero-order valence-corrected chi connectivity index (χ0v) is 30.0. The van der Waals surface area contributed by atoms with Gasteiger partial charge < -0.3 is 13.7 Å². The van der Waals surface area contributed by atoms with E-state index in [0.717, 1.165) is 66.5 Å². The van der Waals surface area contributed by atoms with Gasteiger partial charge in [0.15, 0.2) is 5.58 Å². The molecule has 0 bridgehead atoms. The third kappa shape index (κ3) is 4.61. The summed E-state index contributed by atoms with van der Waals surface area (Å²) in [6.45, 7) is 4.67. The molecule has 54 heavy (non-hydrogen) atoms. The van der Waals surface area contributed by atoms with E-state index in [1.165, 1.54) is 38.9 Å². The van der Waals surface area contributed by atoms with Gasteiger partial charge in [0.1, 0.15) is 16.7 Å². The molecule has 0 saturated heterocycles. The van der Waals surface area contributed by atoms with Crippen LogP contribution in [0.25, 0.3) is 77.3 Å². The van der Waals surface area contributed by atoms with E-state index in [4.69, 9.17) is 8.83 Å². The van der Waals surface area contributed by atoms with E-state index < -0.39 is 0 Å². The SMILES string of the molecule is CC1(C)c2ccccc2-c2ccc(N(c3ccc(-c4ccccc4)cc3)c3cccc4c3oc3cc5c(cc34)oc3cc(-c4ccccc4)ccc35)cc21. The third-order valence-corrected chi connectivity index (χ3v) is 11.5. The molecule has 0 fully saturated rings. The van der Waals surface area contributed by atoms with E-state index in [2.05, 4.69) is 189 Å². The summed E-state index contributed by atoms with van der Waals surface area (Å²) in [4.78, 5) is 2.35. The van der Waals surface area contributed by atoms with Crippen LogP contribution >= 0.6 is 0 Å². The van der Waals surface area contributed by atoms with Crippen LogP contribution in [0.2, 0.25) is 0 Å². The lowest BCUT2D eigenvalue weighted by atomic mass is 9.82. The van der Waals surface area contributed by atoms with Crippen LogP contribution in [-0.2, 0) is 5.41 Å². The van der Waals surface area contributed by atoms with Gasteiger partial charge in [-0.1, -0.05) is 135 Å². The fourth-order valence-electron chi connectivity index (χ4n) is 8.73. The lowest BCUT2D eigenvalue weighted by molar-refractivity contribution is 0.660. The molecule has 256 valence electrons. The van der Waals surface area contributed by atoms with E-state index in [1.54, 1.807) is 0 Å². The third-order valence-electron chi connectivity index (χ3n) is 11.5. The maximum Gasteiger partial charge on any atom is 0.159 e. The summed E-state index contributed by atoms with van der Waals surface area (Å²) in [7, 11) is 0. The van der Waals surface area contributed by atoms with Crippen molar-refractivity contribution in [2.24, 2.45) is 0 Å².